The van der Waals surface area contributed by atoms with Gasteiger partial charge >= 0.3 is 5.97 Å². The third kappa shape index (κ3) is 5.36. The molecular formula is C14H28N2O2. The molecule has 1 fully saturated rings. The number of hydrogen-bond donors (Lipinski definition) is 1. The molecule has 0 aromatic heterocycles. The Morgan fingerprint density at radius 1 is 1.39 bits per heavy atom. The van der Waals surface area contributed by atoms with Gasteiger partial charge in [0.05, 0.1) is 7.11 Å². The Morgan fingerprint density at radius 3 is 2.50 bits per heavy atom. The van der Waals surface area contributed by atoms with Crippen molar-refractivity contribution in [3.8, 4) is 0 Å². The maximum atomic E-state index is 11.7. The summed E-state index contributed by atoms with van der Waals surface area (Å²) in [7, 11) is 3.63. The van der Waals surface area contributed by atoms with Crippen LogP contribution >= 0.6 is 0 Å². The highest BCUT2D eigenvalue weighted by molar-refractivity contribution is 5.75. The summed E-state index contributed by atoms with van der Waals surface area (Å²) in [4.78, 5) is 14.0. The van der Waals surface area contributed by atoms with Crippen LogP contribution in [0.3, 0.4) is 0 Å². The molecule has 1 atom stereocenters. The smallest absolute Gasteiger partial charge is 0.322 e. The van der Waals surface area contributed by atoms with Crippen molar-refractivity contribution in [2.24, 2.45) is 11.8 Å². The Hall–Kier alpha value is -0.610. The van der Waals surface area contributed by atoms with E-state index < -0.39 is 0 Å². The zero-order chi connectivity index (χ0) is 13.5. The number of esters is 1. The van der Waals surface area contributed by atoms with Gasteiger partial charge in [0.25, 0.3) is 0 Å². The Balaban J connectivity index is 2.34. The minimum Gasteiger partial charge on any atom is -0.468 e. The van der Waals surface area contributed by atoms with Crippen LogP contribution in [0.2, 0.25) is 0 Å². The summed E-state index contributed by atoms with van der Waals surface area (Å²) in [5, 5.41) is 3.39. The fourth-order valence-corrected chi connectivity index (χ4v) is 2.45. The summed E-state index contributed by atoms with van der Waals surface area (Å²) < 4.78 is 4.86. The van der Waals surface area contributed by atoms with Gasteiger partial charge in [0, 0.05) is 0 Å². The molecule has 1 N–H and O–H groups in total. The number of rotatable bonds is 6. The highest BCUT2D eigenvalue weighted by atomic mass is 16.5. The molecule has 1 rings (SSSR count). The summed E-state index contributed by atoms with van der Waals surface area (Å²) in [5.74, 6) is 1.07. The second-order valence-corrected chi connectivity index (χ2v) is 5.86. The van der Waals surface area contributed by atoms with Gasteiger partial charge in [-0.2, -0.15) is 0 Å². The standard InChI is InChI=1S/C14H28N2O2/c1-11(2)9-13(14(17)18-4)15-10-12-5-7-16(3)8-6-12/h11-13,15H,5-10H2,1-4H3. The van der Waals surface area contributed by atoms with Crippen molar-refractivity contribution in [3.05, 3.63) is 0 Å². The largest absolute Gasteiger partial charge is 0.468 e. The van der Waals surface area contributed by atoms with Crippen molar-refractivity contribution >= 4 is 5.97 Å². The zero-order valence-electron chi connectivity index (χ0n) is 12.2. The fourth-order valence-electron chi connectivity index (χ4n) is 2.45. The van der Waals surface area contributed by atoms with E-state index in [-0.39, 0.29) is 12.0 Å². The number of carbonyl (C=O) groups is 1. The van der Waals surface area contributed by atoms with Crippen molar-refractivity contribution < 1.29 is 9.53 Å². The quantitative estimate of drug-likeness (QED) is 0.731. The molecule has 1 unspecified atom stereocenters. The first-order valence-electron chi connectivity index (χ1n) is 7.02. The Labute approximate surface area is 111 Å². The van der Waals surface area contributed by atoms with Gasteiger partial charge in [-0.1, -0.05) is 13.8 Å². The van der Waals surface area contributed by atoms with Gasteiger partial charge in [0.15, 0.2) is 0 Å². The van der Waals surface area contributed by atoms with E-state index >= 15 is 0 Å². The van der Waals surface area contributed by atoms with Crippen LogP contribution in [-0.2, 0) is 9.53 Å². The molecule has 1 aliphatic rings. The van der Waals surface area contributed by atoms with Gasteiger partial charge in [-0.15, -0.1) is 0 Å². The Morgan fingerprint density at radius 2 is 2.00 bits per heavy atom. The van der Waals surface area contributed by atoms with Crippen molar-refractivity contribution in [2.45, 2.75) is 39.2 Å². The van der Waals surface area contributed by atoms with Crippen LogP contribution in [0.1, 0.15) is 33.1 Å². The number of carbonyl (C=O) groups excluding carboxylic acids is 1. The number of ether oxygens (including phenoxy) is 1. The van der Waals surface area contributed by atoms with Crippen LogP contribution in [0.4, 0.5) is 0 Å². The molecule has 0 radical (unpaired) electrons. The lowest BCUT2D eigenvalue weighted by Crippen LogP contribution is -2.43. The second kappa shape index (κ2) is 7.74. The van der Waals surface area contributed by atoms with E-state index in [1.165, 1.54) is 33.0 Å². The van der Waals surface area contributed by atoms with Crippen molar-refractivity contribution in [1.82, 2.24) is 10.2 Å². The summed E-state index contributed by atoms with van der Waals surface area (Å²) in [5.41, 5.74) is 0. The maximum absolute atomic E-state index is 11.7. The third-order valence-electron chi connectivity index (χ3n) is 3.68. The lowest BCUT2D eigenvalue weighted by Gasteiger charge is -2.30. The molecule has 1 saturated heterocycles. The van der Waals surface area contributed by atoms with E-state index in [0.29, 0.717) is 11.8 Å². The van der Waals surface area contributed by atoms with Crippen LogP contribution < -0.4 is 5.32 Å². The van der Waals surface area contributed by atoms with E-state index in [1.54, 1.807) is 0 Å². The minimum atomic E-state index is -0.144. The minimum absolute atomic E-state index is 0.128. The Kier molecular flexibility index (Phi) is 6.65. The van der Waals surface area contributed by atoms with Gasteiger partial charge < -0.3 is 15.0 Å². The maximum Gasteiger partial charge on any atom is 0.322 e. The number of hydrogen-bond acceptors (Lipinski definition) is 4. The monoisotopic (exact) mass is 256 g/mol. The molecule has 0 aromatic rings. The van der Waals surface area contributed by atoms with Crippen molar-refractivity contribution in [2.75, 3.05) is 33.8 Å². The molecule has 4 heteroatoms. The summed E-state index contributed by atoms with van der Waals surface area (Å²) >= 11 is 0. The lowest BCUT2D eigenvalue weighted by molar-refractivity contribution is -0.143. The molecule has 106 valence electrons. The molecule has 0 saturated carbocycles. The van der Waals surface area contributed by atoms with Gasteiger partial charge in [-0.3, -0.25) is 4.79 Å². The van der Waals surface area contributed by atoms with Crippen LogP contribution in [0.5, 0.6) is 0 Å². The van der Waals surface area contributed by atoms with Gasteiger partial charge in [-0.25, -0.2) is 0 Å². The predicted octanol–water partition coefficient (Wildman–Crippen LogP) is 1.51. The molecule has 0 aliphatic carbocycles. The third-order valence-corrected chi connectivity index (χ3v) is 3.68. The number of nitrogens with one attached hydrogen (secondary N) is 1. The van der Waals surface area contributed by atoms with Gasteiger partial charge in [0.1, 0.15) is 6.04 Å². The molecule has 0 bridgehead atoms. The number of likely N-dealkylation sites (tertiary alicyclic amines) is 1. The lowest BCUT2D eigenvalue weighted by atomic mass is 9.96. The topological polar surface area (TPSA) is 41.6 Å². The van der Waals surface area contributed by atoms with E-state index in [2.05, 4.69) is 31.1 Å². The predicted molar refractivity (Wildman–Crippen MR) is 73.5 cm³/mol. The van der Waals surface area contributed by atoms with Crippen LogP contribution in [0.25, 0.3) is 0 Å². The van der Waals surface area contributed by atoms with Crippen molar-refractivity contribution in [3.63, 3.8) is 0 Å². The molecule has 1 heterocycles. The molecule has 18 heavy (non-hydrogen) atoms. The zero-order valence-corrected chi connectivity index (χ0v) is 12.2. The summed E-state index contributed by atoms with van der Waals surface area (Å²) in [6.07, 6.45) is 3.29. The molecule has 1 aliphatic heterocycles. The van der Waals surface area contributed by atoms with Gasteiger partial charge in [-0.05, 0) is 57.8 Å². The van der Waals surface area contributed by atoms with E-state index in [1.807, 2.05) is 0 Å². The summed E-state index contributed by atoms with van der Waals surface area (Å²) in [6.45, 7) is 7.53. The van der Waals surface area contributed by atoms with Crippen LogP contribution in [0.15, 0.2) is 0 Å². The molecule has 4 nitrogen and oxygen atoms in total. The summed E-state index contributed by atoms with van der Waals surface area (Å²) in [6, 6.07) is -0.144. The first-order chi connectivity index (χ1) is 8.52. The fraction of sp³-hybridized carbons (Fsp3) is 0.929. The highest BCUT2D eigenvalue weighted by Gasteiger charge is 2.22. The van der Waals surface area contributed by atoms with E-state index in [4.69, 9.17) is 4.74 Å². The average molecular weight is 256 g/mol. The first kappa shape index (κ1) is 15.4. The van der Waals surface area contributed by atoms with Crippen LogP contribution in [0, 0.1) is 11.8 Å². The molecule has 0 spiro atoms. The van der Waals surface area contributed by atoms with Gasteiger partial charge in [0.2, 0.25) is 0 Å². The van der Waals surface area contributed by atoms with E-state index in [9.17, 15) is 4.79 Å². The SMILES string of the molecule is COC(=O)C(CC(C)C)NCC1CCN(C)CC1. The number of methoxy groups -OCH3 is 1. The highest BCUT2D eigenvalue weighted by Crippen LogP contribution is 2.15. The van der Waals surface area contributed by atoms with E-state index in [0.717, 1.165) is 13.0 Å². The van der Waals surface area contributed by atoms with Crippen LogP contribution in [-0.4, -0.2) is 50.7 Å². The first-order valence-corrected chi connectivity index (χ1v) is 7.02. The molecule has 0 amide bonds. The second-order valence-electron chi connectivity index (χ2n) is 5.86. The Bertz CT molecular complexity index is 248. The number of nitrogens with zero attached hydrogens (tertiary/aromatic N) is 1. The average Bonchev–Trinajstić information content (AvgIpc) is 2.35. The molecule has 0 aromatic carbocycles. The number of piperidine rings is 1. The molecular weight excluding hydrogens is 228 g/mol. The normalized spacial score (nSPS) is 20.1. The van der Waals surface area contributed by atoms with Crippen molar-refractivity contribution in [1.29, 1.82) is 0 Å².